The number of allylic oxidation sites excluding steroid dienone is 3. The number of hydrogen-bond donors (Lipinski definition) is 1. The Morgan fingerprint density at radius 2 is 1.28 bits per heavy atom. The fourth-order valence-corrected chi connectivity index (χ4v) is 5.31. The standard InChI is InChI=1S/C28H47NO2S/c1-20(2)14-13-15-21(3)16-17-29-32(30,31)25-23(27(7,8)9)18-22(26(4,5)6)19-24(25)28(10,11)12/h14,16,18-19,29H,13,15,17H2,1-12H3/b21-16+. The Morgan fingerprint density at radius 1 is 0.812 bits per heavy atom. The van der Waals surface area contributed by atoms with Crippen LogP contribution in [0.3, 0.4) is 0 Å². The molecule has 1 aromatic rings. The highest BCUT2D eigenvalue weighted by molar-refractivity contribution is 7.89. The van der Waals surface area contributed by atoms with E-state index in [1.165, 1.54) is 16.7 Å². The van der Waals surface area contributed by atoms with Crippen LogP contribution in [0.4, 0.5) is 0 Å². The van der Waals surface area contributed by atoms with Crippen LogP contribution in [0.25, 0.3) is 0 Å². The van der Waals surface area contributed by atoms with E-state index in [1.54, 1.807) is 0 Å². The molecule has 4 heteroatoms. The second-order valence-corrected chi connectivity index (χ2v) is 14.1. The Balaban J connectivity index is 3.50. The van der Waals surface area contributed by atoms with E-state index in [9.17, 15) is 8.42 Å². The van der Waals surface area contributed by atoms with Crippen LogP contribution in [0.2, 0.25) is 0 Å². The van der Waals surface area contributed by atoms with E-state index < -0.39 is 10.0 Å². The molecule has 0 unspecified atom stereocenters. The van der Waals surface area contributed by atoms with E-state index >= 15 is 0 Å². The third kappa shape index (κ3) is 8.19. The molecule has 0 aliphatic carbocycles. The summed E-state index contributed by atoms with van der Waals surface area (Å²) in [5, 5.41) is 0. The average Bonchev–Trinajstić information content (AvgIpc) is 2.57. The summed E-state index contributed by atoms with van der Waals surface area (Å²) in [5.74, 6) is 0. The predicted octanol–water partition coefficient (Wildman–Crippen LogP) is 7.55. The Bertz CT molecular complexity index is 921. The highest BCUT2D eigenvalue weighted by Crippen LogP contribution is 2.40. The normalized spacial score (nSPS) is 13.9. The molecule has 0 aliphatic heterocycles. The minimum absolute atomic E-state index is 0.0686. The summed E-state index contributed by atoms with van der Waals surface area (Å²) in [6.45, 7) is 25.6. The first-order valence-electron chi connectivity index (χ1n) is 11.7. The van der Waals surface area contributed by atoms with Gasteiger partial charge in [0, 0.05) is 6.54 Å². The predicted molar refractivity (Wildman–Crippen MR) is 140 cm³/mol. The van der Waals surface area contributed by atoms with Gasteiger partial charge >= 0.3 is 0 Å². The smallest absolute Gasteiger partial charge is 0.207 e. The first-order chi connectivity index (χ1) is 14.3. The molecule has 0 radical (unpaired) electrons. The largest absolute Gasteiger partial charge is 0.241 e. The maximum absolute atomic E-state index is 13.7. The van der Waals surface area contributed by atoms with Crippen LogP contribution < -0.4 is 4.72 Å². The molecule has 0 spiro atoms. The SMILES string of the molecule is CC(C)=CCC/C(C)=C/CNS(=O)(=O)c1c(C(C)(C)C)cc(C(C)(C)C)cc1C(C)(C)C. The number of hydrogen-bond acceptors (Lipinski definition) is 2. The maximum atomic E-state index is 13.7. The topological polar surface area (TPSA) is 46.2 Å². The molecule has 0 bridgehead atoms. The lowest BCUT2D eigenvalue weighted by molar-refractivity contribution is 0.516. The molecule has 0 heterocycles. The highest BCUT2D eigenvalue weighted by Gasteiger charge is 2.34. The number of rotatable bonds is 7. The summed E-state index contributed by atoms with van der Waals surface area (Å²) in [6.07, 6.45) is 6.12. The molecule has 0 saturated carbocycles. The molecular weight excluding hydrogens is 414 g/mol. The molecule has 1 rings (SSSR count). The first kappa shape index (κ1) is 28.6. The van der Waals surface area contributed by atoms with Crippen molar-refractivity contribution in [2.24, 2.45) is 0 Å². The van der Waals surface area contributed by atoms with E-state index in [1.807, 2.05) is 6.08 Å². The number of benzene rings is 1. The lowest BCUT2D eigenvalue weighted by atomic mass is 9.75. The van der Waals surface area contributed by atoms with Crippen molar-refractivity contribution in [3.8, 4) is 0 Å². The van der Waals surface area contributed by atoms with Gasteiger partial charge in [0.1, 0.15) is 0 Å². The van der Waals surface area contributed by atoms with Crippen molar-refractivity contribution in [3.63, 3.8) is 0 Å². The van der Waals surface area contributed by atoms with Gasteiger partial charge in [-0.15, -0.1) is 0 Å². The van der Waals surface area contributed by atoms with Crippen molar-refractivity contribution < 1.29 is 8.42 Å². The van der Waals surface area contributed by atoms with E-state index in [0.29, 0.717) is 11.4 Å². The minimum Gasteiger partial charge on any atom is -0.207 e. The third-order valence-corrected chi connectivity index (χ3v) is 7.18. The van der Waals surface area contributed by atoms with Crippen LogP contribution in [0.15, 0.2) is 40.3 Å². The maximum Gasteiger partial charge on any atom is 0.241 e. The Kier molecular flexibility index (Phi) is 9.18. The van der Waals surface area contributed by atoms with Crippen molar-refractivity contribution in [2.75, 3.05) is 6.54 Å². The average molecular weight is 462 g/mol. The van der Waals surface area contributed by atoms with Gasteiger partial charge in [-0.1, -0.05) is 97.7 Å². The van der Waals surface area contributed by atoms with Crippen molar-refractivity contribution in [1.82, 2.24) is 4.72 Å². The number of sulfonamides is 1. The molecule has 1 aromatic carbocycles. The second-order valence-electron chi connectivity index (χ2n) is 12.4. The fraction of sp³-hybridized carbons (Fsp3) is 0.643. The van der Waals surface area contributed by atoms with Crippen LogP contribution in [-0.2, 0) is 26.3 Å². The van der Waals surface area contributed by atoms with Crippen LogP contribution in [-0.4, -0.2) is 15.0 Å². The molecule has 1 N–H and O–H groups in total. The summed E-state index contributed by atoms with van der Waals surface area (Å²) in [4.78, 5) is 0.445. The Labute approximate surface area is 198 Å². The summed E-state index contributed by atoms with van der Waals surface area (Å²) < 4.78 is 30.2. The van der Waals surface area contributed by atoms with Gasteiger partial charge in [0.05, 0.1) is 4.90 Å². The monoisotopic (exact) mass is 461 g/mol. The van der Waals surface area contributed by atoms with Crippen molar-refractivity contribution in [3.05, 3.63) is 52.1 Å². The van der Waals surface area contributed by atoms with Gasteiger partial charge < -0.3 is 0 Å². The van der Waals surface area contributed by atoms with E-state index in [0.717, 1.165) is 24.0 Å². The van der Waals surface area contributed by atoms with Gasteiger partial charge in [-0.2, -0.15) is 0 Å². The van der Waals surface area contributed by atoms with Gasteiger partial charge in [0.2, 0.25) is 10.0 Å². The summed E-state index contributed by atoms with van der Waals surface area (Å²) in [7, 11) is -3.69. The van der Waals surface area contributed by atoms with Crippen LogP contribution in [0.1, 0.15) is 113 Å². The lowest BCUT2D eigenvalue weighted by Gasteiger charge is -2.33. The molecule has 182 valence electrons. The van der Waals surface area contributed by atoms with E-state index in [-0.39, 0.29) is 16.2 Å². The first-order valence-corrected chi connectivity index (χ1v) is 13.2. The zero-order chi connectivity index (χ0) is 25.1. The molecule has 0 fully saturated rings. The zero-order valence-electron chi connectivity index (χ0n) is 22.7. The summed E-state index contributed by atoms with van der Waals surface area (Å²) in [6, 6.07) is 4.20. The molecule has 0 aliphatic rings. The lowest BCUT2D eigenvalue weighted by Crippen LogP contribution is -2.32. The zero-order valence-corrected chi connectivity index (χ0v) is 23.5. The summed E-state index contributed by atoms with van der Waals surface area (Å²) >= 11 is 0. The molecule has 3 nitrogen and oxygen atoms in total. The van der Waals surface area contributed by atoms with E-state index in [4.69, 9.17) is 0 Å². The molecular formula is C28H47NO2S. The second kappa shape index (κ2) is 10.3. The van der Waals surface area contributed by atoms with E-state index in [2.05, 4.69) is 106 Å². The number of nitrogens with one attached hydrogen (secondary N) is 1. The quantitative estimate of drug-likeness (QED) is 0.426. The van der Waals surface area contributed by atoms with Crippen molar-refractivity contribution in [2.45, 2.75) is 117 Å². The van der Waals surface area contributed by atoms with Crippen LogP contribution >= 0.6 is 0 Å². The van der Waals surface area contributed by atoms with Gasteiger partial charge in [-0.05, 0) is 66.5 Å². The molecule has 0 aromatic heterocycles. The fourth-order valence-electron chi connectivity index (χ4n) is 3.55. The van der Waals surface area contributed by atoms with Gasteiger partial charge in [0.15, 0.2) is 0 Å². The minimum atomic E-state index is -3.69. The summed E-state index contributed by atoms with van der Waals surface area (Å²) in [5.41, 5.74) is 4.76. The van der Waals surface area contributed by atoms with Crippen molar-refractivity contribution >= 4 is 10.0 Å². The molecule has 0 amide bonds. The third-order valence-electron chi connectivity index (χ3n) is 5.65. The van der Waals surface area contributed by atoms with Gasteiger partial charge in [-0.25, -0.2) is 13.1 Å². The molecule has 0 saturated heterocycles. The molecule has 0 atom stereocenters. The Morgan fingerprint density at radius 3 is 1.66 bits per heavy atom. The van der Waals surface area contributed by atoms with Gasteiger partial charge in [-0.3, -0.25) is 0 Å². The Hall–Kier alpha value is -1.39. The van der Waals surface area contributed by atoms with Crippen molar-refractivity contribution in [1.29, 1.82) is 0 Å². The van der Waals surface area contributed by atoms with Crippen LogP contribution in [0, 0.1) is 0 Å². The highest BCUT2D eigenvalue weighted by atomic mass is 32.2. The molecule has 32 heavy (non-hydrogen) atoms. The van der Waals surface area contributed by atoms with Crippen LogP contribution in [0.5, 0.6) is 0 Å². The van der Waals surface area contributed by atoms with Gasteiger partial charge in [0.25, 0.3) is 0 Å².